The fraction of sp³-hybridized carbons (Fsp3) is 0.389. The SMILES string of the molecule is Nc1ncnc2c1ncn2Cc1nn2ccc(Cl)c2c(=O)n1C1CCC(N)CC1. The zero-order chi connectivity index (χ0) is 20.1. The van der Waals surface area contributed by atoms with Crippen molar-refractivity contribution in [2.45, 2.75) is 44.3 Å². The summed E-state index contributed by atoms with van der Waals surface area (Å²) < 4.78 is 5.12. The van der Waals surface area contributed by atoms with Crippen molar-refractivity contribution in [2.24, 2.45) is 5.73 Å². The molecule has 1 saturated carbocycles. The molecule has 150 valence electrons. The highest BCUT2D eigenvalue weighted by molar-refractivity contribution is 6.33. The van der Waals surface area contributed by atoms with Gasteiger partial charge >= 0.3 is 0 Å². The number of fused-ring (bicyclic) bond motifs is 2. The number of rotatable bonds is 3. The Morgan fingerprint density at radius 2 is 1.97 bits per heavy atom. The molecular weight excluding hydrogens is 394 g/mol. The number of aromatic nitrogens is 7. The predicted molar refractivity (Wildman–Crippen MR) is 109 cm³/mol. The lowest BCUT2D eigenvalue weighted by atomic mass is 9.91. The quantitative estimate of drug-likeness (QED) is 0.517. The van der Waals surface area contributed by atoms with Gasteiger partial charge in [0.1, 0.15) is 17.4 Å². The van der Waals surface area contributed by atoms with E-state index in [1.807, 2.05) is 4.57 Å². The molecule has 0 spiro atoms. The molecule has 1 aliphatic carbocycles. The van der Waals surface area contributed by atoms with Crippen LogP contribution in [0.4, 0.5) is 5.82 Å². The minimum atomic E-state index is -0.149. The highest BCUT2D eigenvalue weighted by Crippen LogP contribution is 2.28. The first-order valence-electron chi connectivity index (χ1n) is 9.48. The molecule has 4 aromatic rings. The van der Waals surface area contributed by atoms with Crippen LogP contribution in [0.1, 0.15) is 37.5 Å². The second kappa shape index (κ2) is 6.82. The minimum absolute atomic E-state index is 0.0234. The fourth-order valence-corrected chi connectivity index (χ4v) is 4.32. The zero-order valence-electron chi connectivity index (χ0n) is 15.6. The second-order valence-corrected chi connectivity index (χ2v) is 7.83. The summed E-state index contributed by atoms with van der Waals surface area (Å²) in [5, 5.41) is 5.09. The van der Waals surface area contributed by atoms with E-state index in [1.54, 1.807) is 23.2 Å². The molecule has 29 heavy (non-hydrogen) atoms. The van der Waals surface area contributed by atoms with Crippen LogP contribution in [0.2, 0.25) is 5.02 Å². The van der Waals surface area contributed by atoms with Crippen LogP contribution >= 0.6 is 11.6 Å². The van der Waals surface area contributed by atoms with Crippen LogP contribution in [0.5, 0.6) is 0 Å². The van der Waals surface area contributed by atoms with Gasteiger partial charge in [0.05, 0.1) is 17.9 Å². The van der Waals surface area contributed by atoms with Crippen molar-refractivity contribution in [1.82, 2.24) is 33.7 Å². The molecule has 10 nitrogen and oxygen atoms in total. The first kappa shape index (κ1) is 18.1. The van der Waals surface area contributed by atoms with Gasteiger partial charge in [0, 0.05) is 18.3 Å². The van der Waals surface area contributed by atoms with Crippen LogP contribution in [-0.2, 0) is 6.54 Å². The largest absolute Gasteiger partial charge is 0.382 e. The van der Waals surface area contributed by atoms with Crippen LogP contribution in [0.3, 0.4) is 0 Å². The summed E-state index contributed by atoms with van der Waals surface area (Å²) in [5.74, 6) is 0.916. The second-order valence-electron chi connectivity index (χ2n) is 7.42. The Balaban J connectivity index is 1.66. The van der Waals surface area contributed by atoms with Crippen molar-refractivity contribution in [2.75, 3.05) is 5.73 Å². The number of nitrogens with two attached hydrogens (primary N) is 2. The van der Waals surface area contributed by atoms with E-state index < -0.39 is 0 Å². The molecule has 1 aliphatic rings. The Labute approximate surface area is 170 Å². The molecule has 0 radical (unpaired) electrons. The van der Waals surface area contributed by atoms with Gasteiger partial charge in [0.25, 0.3) is 5.56 Å². The molecule has 4 aromatic heterocycles. The van der Waals surface area contributed by atoms with Crippen molar-refractivity contribution in [3.05, 3.63) is 46.1 Å². The number of halogens is 1. The molecular formula is C18H20ClN9O. The van der Waals surface area contributed by atoms with E-state index in [0.717, 1.165) is 25.7 Å². The van der Waals surface area contributed by atoms with Crippen molar-refractivity contribution in [1.29, 1.82) is 0 Å². The van der Waals surface area contributed by atoms with E-state index in [0.29, 0.717) is 39.9 Å². The third-order valence-electron chi connectivity index (χ3n) is 5.59. The van der Waals surface area contributed by atoms with Gasteiger partial charge in [-0.1, -0.05) is 11.6 Å². The van der Waals surface area contributed by atoms with Crippen LogP contribution in [0.25, 0.3) is 16.7 Å². The van der Waals surface area contributed by atoms with E-state index in [1.165, 1.54) is 10.8 Å². The topological polar surface area (TPSA) is 135 Å². The van der Waals surface area contributed by atoms with Gasteiger partial charge in [0.2, 0.25) is 0 Å². The van der Waals surface area contributed by atoms with Crippen molar-refractivity contribution >= 4 is 34.1 Å². The average Bonchev–Trinajstić information content (AvgIpc) is 3.28. The summed E-state index contributed by atoms with van der Waals surface area (Å²) in [5.41, 5.74) is 13.3. The molecule has 4 heterocycles. The van der Waals surface area contributed by atoms with Crippen molar-refractivity contribution < 1.29 is 0 Å². The lowest BCUT2D eigenvalue weighted by molar-refractivity contribution is 0.306. The van der Waals surface area contributed by atoms with Gasteiger partial charge in [-0.3, -0.25) is 9.36 Å². The Hall–Kier alpha value is -2.98. The molecule has 0 atom stereocenters. The predicted octanol–water partition coefficient (Wildman–Crippen LogP) is 1.36. The lowest BCUT2D eigenvalue weighted by Gasteiger charge is -2.29. The Bertz CT molecular complexity index is 1270. The number of imidazole rings is 1. The van der Waals surface area contributed by atoms with E-state index in [9.17, 15) is 4.79 Å². The standard InChI is InChI=1S/C18H20ClN9O/c19-12-5-6-27-15(12)18(29)28(11-3-1-10(20)2-4-11)13(25-27)7-26-9-24-14-16(21)22-8-23-17(14)26/h5-6,8-11H,1-4,7,20H2,(H2,21,22,23). The normalized spacial score (nSPS) is 19.9. The minimum Gasteiger partial charge on any atom is -0.382 e. The number of nitrogens with zero attached hydrogens (tertiary/aromatic N) is 7. The van der Waals surface area contributed by atoms with E-state index >= 15 is 0 Å². The summed E-state index contributed by atoms with van der Waals surface area (Å²) >= 11 is 6.26. The summed E-state index contributed by atoms with van der Waals surface area (Å²) in [6, 6.07) is 1.88. The maximum atomic E-state index is 13.4. The number of hydrogen-bond donors (Lipinski definition) is 2. The highest BCUT2D eigenvalue weighted by Gasteiger charge is 2.26. The average molecular weight is 414 g/mol. The zero-order valence-corrected chi connectivity index (χ0v) is 16.3. The molecule has 0 unspecified atom stereocenters. The van der Waals surface area contributed by atoms with Gasteiger partial charge in [-0.25, -0.2) is 19.5 Å². The molecule has 0 saturated heterocycles. The molecule has 11 heteroatoms. The summed E-state index contributed by atoms with van der Waals surface area (Å²) in [4.78, 5) is 25.9. The van der Waals surface area contributed by atoms with Gasteiger partial charge in [0.15, 0.2) is 17.3 Å². The van der Waals surface area contributed by atoms with Crippen molar-refractivity contribution in [3.63, 3.8) is 0 Å². The van der Waals surface area contributed by atoms with Crippen LogP contribution in [0.15, 0.2) is 29.7 Å². The van der Waals surface area contributed by atoms with Crippen LogP contribution < -0.4 is 17.0 Å². The van der Waals surface area contributed by atoms with Crippen LogP contribution in [0, 0.1) is 0 Å². The van der Waals surface area contributed by atoms with Crippen LogP contribution in [-0.4, -0.2) is 39.7 Å². The molecule has 4 N–H and O–H groups in total. The Morgan fingerprint density at radius 1 is 1.17 bits per heavy atom. The van der Waals surface area contributed by atoms with Gasteiger partial charge in [-0.15, -0.1) is 0 Å². The maximum Gasteiger partial charge on any atom is 0.279 e. The lowest BCUT2D eigenvalue weighted by Crippen LogP contribution is -2.36. The molecule has 0 aliphatic heterocycles. The monoisotopic (exact) mass is 413 g/mol. The first-order chi connectivity index (χ1) is 14.0. The molecule has 0 amide bonds. The molecule has 0 aromatic carbocycles. The highest BCUT2D eigenvalue weighted by atomic mass is 35.5. The number of nitrogen functional groups attached to an aromatic ring is 1. The summed E-state index contributed by atoms with van der Waals surface area (Å²) in [7, 11) is 0. The van der Waals surface area contributed by atoms with Gasteiger partial charge in [-0.2, -0.15) is 5.10 Å². The fourth-order valence-electron chi connectivity index (χ4n) is 4.10. The number of anilines is 1. The van der Waals surface area contributed by atoms with E-state index in [2.05, 4.69) is 15.0 Å². The smallest absolute Gasteiger partial charge is 0.279 e. The number of hydrogen-bond acceptors (Lipinski definition) is 7. The summed E-state index contributed by atoms with van der Waals surface area (Å²) in [6.07, 6.45) is 8.11. The maximum absolute atomic E-state index is 13.4. The molecule has 0 bridgehead atoms. The van der Waals surface area contributed by atoms with Gasteiger partial charge in [-0.05, 0) is 31.7 Å². The van der Waals surface area contributed by atoms with Crippen molar-refractivity contribution in [3.8, 4) is 0 Å². The van der Waals surface area contributed by atoms with Gasteiger partial charge < -0.3 is 16.0 Å². The third kappa shape index (κ3) is 2.95. The third-order valence-corrected chi connectivity index (χ3v) is 5.89. The Morgan fingerprint density at radius 3 is 2.76 bits per heavy atom. The molecule has 1 fully saturated rings. The van der Waals surface area contributed by atoms with E-state index in [-0.39, 0.29) is 17.6 Å². The first-order valence-corrected chi connectivity index (χ1v) is 9.86. The Kier molecular flexibility index (Phi) is 4.25. The molecule has 5 rings (SSSR count). The van der Waals surface area contributed by atoms with E-state index in [4.69, 9.17) is 28.2 Å². The summed E-state index contributed by atoms with van der Waals surface area (Å²) in [6.45, 7) is 0.316.